The number of oxime groups is 1. The fourth-order valence-corrected chi connectivity index (χ4v) is 2.74. The van der Waals surface area contributed by atoms with Crippen LogP contribution in [0.4, 0.5) is 0 Å². The van der Waals surface area contributed by atoms with Crippen LogP contribution in [0.1, 0.15) is 6.42 Å². The van der Waals surface area contributed by atoms with E-state index in [1.54, 1.807) is 0 Å². The molecule has 8 nitrogen and oxygen atoms in total. The fourth-order valence-electron chi connectivity index (χ4n) is 1.41. The fraction of sp³-hybridized carbons (Fsp3) is 0.875. The zero-order chi connectivity index (χ0) is 12.9. The molecule has 100 valence electrons. The predicted octanol–water partition coefficient (Wildman–Crippen LogP) is -1.37. The zero-order valence-corrected chi connectivity index (χ0v) is 10.6. The van der Waals surface area contributed by atoms with Crippen LogP contribution < -0.4 is 5.73 Å². The Bertz CT molecular complexity index is 364. The average Bonchev–Trinajstić information content (AvgIpc) is 2.36. The van der Waals surface area contributed by atoms with Crippen LogP contribution in [0.15, 0.2) is 5.16 Å². The molecule has 0 aromatic rings. The van der Waals surface area contributed by atoms with E-state index in [2.05, 4.69) is 5.16 Å². The summed E-state index contributed by atoms with van der Waals surface area (Å²) in [7, 11) is -2.00. The van der Waals surface area contributed by atoms with Crippen molar-refractivity contribution >= 4 is 16.0 Å². The normalized spacial score (nSPS) is 19.8. The molecule has 1 aliphatic heterocycles. The Morgan fingerprint density at radius 3 is 2.65 bits per heavy atom. The number of nitrogens with two attached hydrogens (primary N) is 1. The predicted molar refractivity (Wildman–Crippen MR) is 62.0 cm³/mol. The maximum Gasteiger partial charge on any atom is 0.281 e. The lowest BCUT2D eigenvalue weighted by molar-refractivity contribution is 0.0706. The van der Waals surface area contributed by atoms with Gasteiger partial charge in [0.15, 0.2) is 0 Å². The molecule has 9 heteroatoms. The molecule has 1 heterocycles. The number of morpholine rings is 1. The molecule has 0 unspecified atom stereocenters. The zero-order valence-electron chi connectivity index (χ0n) is 9.74. The largest absolute Gasteiger partial charge is 0.409 e. The first-order valence-corrected chi connectivity index (χ1v) is 6.63. The van der Waals surface area contributed by atoms with E-state index in [4.69, 9.17) is 15.7 Å². The lowest BCUT2D eigenvalue weighted by atomic mass is 10.4. The number of hydrogen-bond donors (Lipinski definition) is 2. The van der Waals surface area contributed by atoms with Gasteiger partial charge < -0.3 is 15.7 Å². The van der Waals surface area contributed by atoms with Crippen molar-refractivity contribution in [2.45, 2.75) is 6.42 Å². The highest BCUT2D eigenvalue weighted by Gasteiger charge is 2.28. The number of hydrogen-bond acceptors (Lipinski definition) is 5. The second-order valence-corrected chi connectivity index (χ2v) is 5.72. The van der Waals surface area contributed by atoms with E-state index < -0.39 is 10.2 Å². The van der Waals surface area contributed by atoms with Crippen molar-refractivity contribution in [3.63, 3.8) is 0 Å². The summed E-state index contributed by atoms with van der Waals surface area (Å²) in [6.07, 6.45) is 0.191. The van der Waals surface area contributed by atoms with Gasteiger partial charge in [0.2, 0.25) is 0 Å². The van der Waals surface area contributed by atoms with Crippen LogP contribution in [-0.4, -0.2) is 68.0 Å². The SMILES string of the molecule is CN(CC/C(N)=N/O)S(=O)(=O)N1CCOCC1. The topological polar surface area (TPSA) is 108 Å². The molecule has 1 saturated heterocycles. The van der Waals surface area contributed by atoms with E-state index in [0.717, 1.165) is 0 Å². The summed E-state index contributed by atoms with van der Waals surface area (Å²) in [5.41, 5.74) is 5.29. The Balaban J connectivity index is 2.56. The third kappa shape index (κ3) is 3.80. The van der Waals surface area contributed by atoms with Crippen molar-refractivity contribution < 1.29 is 18.4 Å². The average molecular weight is 266 g/mol. The van der Waals surface area contributed by atoms with Gasteiger partial charge in [-0.2, -0.15) is 17.0 Å². The second kappa shape index (κ2) is 6.15. The monoisotopic (exact) mass is 266 g/mol. The number of amidine groups is 1. The quantitative estimate of drug-likeness (QED) is 0.276. The van der Waals surface area contributed by atoms with Crippen molar-refractivity contribution in [1.82, 2.24) is 8.61 Å². The molecule has 0 atom stereocenters. The van der Waals surface area contributed by atoms with Crippen molar-refractivity contribution in [2.75, 3.05) is 39.9 Å². The van der Waals surface area contributed by atoms with E-state index in [1.807, 2.05) is 0 Å². The van der Waals surface area contributed by atoms with Gasteiger partial charge in [-0.1, -0.05) is 5.16 Å². The van der Waals surface area contributed by atoms with Crippen LogP contribution >= 0.6 is 0 Å². The van der Waals surface area contributed by atoms with Crippen molar-refractivity contribution in [1.29, 1.82) is 0 Å². The summed E-state index contributed by atoms with van der Waals surface area (Å²) in [6, 6.07) is 0. The van der Waals surface area contributed by atoms with Gasteiger partial charge in [-0.25, -0.2) is 0 Å². The van der Waals surface area contributed by atoms with Crippen LogP contribution in [0.25, 0.3) is 0 Å². The van der Waals surface area contributed by atoms with Gasteiger partial charge in [0.25, 0.3) is 10.2 Å². The molecule has 0 aromatic heterocycles. The molecule has 0 radical (unpaired) electrons. The molecule has 3 N–H and O–H groups in total. The van der Waals surface area contributed by atoms with E-state index in [0.29, 0.717) is 26.3 Å². The van der Waals surface area contributed by atoms with Crippen LogP contribution in [0, 0.1) is 0 Å². The van der Waals surface area contributed by atoms with E-state index in [9.17, 15) is 8.42 Å². The maximum absolute atomic E-state index is 12.0. The molecule has 0 saturated carbocycles. The Hall–Kier alpha value is -0.900. The number of nitrogens with zero attached hydrogens (tertiary/aromatic N) is 3. The van der Waals surface area contributed by atoms with Gasteiger partial charge in [-0.15, -0.1) is 0 Å². The van der Waals surface area contributed by atoms with E-state index in [1.165, 1.54) is 15.7 Å². The number of rotatable bonds is 5. The van der Waals surface area contributed by atoms with Gasteiger partial charge in [0.05, 0.1) is 13.2 Å². The minimum atomic E-state index is -3.47. The Morgan fingerprint density at radius 1 is 1.53 bits per heavy atom. The summed E-state index contributed by atoms with van der Waals surface area (Å²) in [5.74, 6) is 0.00836. The first-order valence-electron chi connectivity index (χ1n) is 5.24. The Labute approximate surface area is 101 Å². The lowest BCUT2D eigenvalue weighted by Crippen LogP contribution is -2.47. The van der Waals surface area contributed by atoms with Crippen molar-refractivity contribution in [3.8, 4) is 0 Å². The molecule has 0 amide bonds. The molecule has 0 bridgehead atoms. The molecule has 1 fully saturated rings. The summed E-state index contributed by atoms with van der Waals surface area (Å²) in [5, 5.41) is 11.2. The first-order chi connectivity index (χ1) is 7.98. The smallest absolute Gasteiger partial charge is 0.281 e. The molecular formula is C8H18N4O4S. The van der Waals surface area contributed by atoms with Crippen molar-refractivity contribution in [2.24, 2.45) is 10.9 Å². The standard InChI is InChI=1S/C8H18N4O4S/c1-11(3-2-8(9)10-13)17(14,15)12-4-6-16-7-5-12/h13H,2-7H2,1H3,(H2,9,10). The van der Waals surface area contributed by atoms with Gasteiger partial charge in [-0.05, 0) is 0 Å². The summed E-state index contributed by atoms with van der Waals surface area (Å²) in [4.78, 5) is 0. The maximum atomic E-state index is 12.0. The van der Waals surface area contributed by atoms with E-state index in [-0.39, 0.29) is 18.8 Å². The molecular weight excluding hydrogens is 248 g/mol. The van der Waals surface area contributed by atoms with Gasteiger partial charge in [-0.3, -0.25) is 0 Å². The lowest BCUT2D eigenvalue weighted by Gasteiger charge is -2.30. The van der Waals surface area contributed by atoms with Gasteiger partial charge in [0.1, 0.15) is 5.84 Å². The molecule has 0 spiro atoms. The number of ether oxygens (including phenoxy) is 1. The van der Waals surface area contributed by atoms with Crippen LogP contribution in [-0.2, 0) is 14.9 Å². The summed E-state index contributed by atoms with van der Waals surface area (Å²) >= 11 is 0. The second-order valence-electron chi connectivity index (χ2n) is 3.68. The molecule has 17 heavy (non-hydrogen) atoms. The van der Waals surface area contributed by atoms with Gasteiger partial charge >= 0.3 is 0 Å². The third-order valence-electron chi connectivity index (χ3n) is 2.50. The van der Waals surface area contributed by atoms with Crippen LogP contribution in [0.3, 0.4) is 0 Å². The highest BCUT2D eigenvalue weighted by atomic mass is 32.2. The third-order valence-corrected chi connectivity index (χ3v) is 4.49. The van der Waals surface area contributed by atoms with Gasteiger partial charge in [0, 0.05) is 33.1 Å². The Kier molecular flexibility index (Phi) is 5.12. The summed E-state index contributed by atoms with van der Waals surface area (Å²) in [6.45, 7) is 1.71. The van der Waals surface area contributed by atoms with Crippen LogP contribution in [0.2, 0.25) is 0 Å². The Morgan fingerprint density at radius 2 is 2.12 bits per heavy atom. The minimum absolute atomic E-state index is 0.00836. The summed E-state index contributed by atoms with van der Waals surface area (Å²) < 4.78 is 31.7. The molecule has 0 aromatic carbocycles. The first kappa shape index (κ1) is 14.2. The highest BCUT2D eigenvalue weighted by molar-refractivity contribution is 7.86. The van der Waals surface area contributed by atoms with Crippen LogP contribution in [0.5, 0.6) is 0 Å². The highest BCUT2D eigenvalue weighted by Crippen LogP contribution is 2.09. The molecule has 1 rings (SSSR count). The molecule has 1 aliphatic rings. The van der Waals surface area contributed by atoms with E-state index >= 15 is 0 Å². The molecule has 0 aliphatic carbocycles. The van der Waals surface area contributed by atoms with Crippen molar-refractivity contribution in [3.05, 3.63) is 0 Å². The minimum Gasteiger partial charge on any atom is -0.409 e.